The minimum absolute atomic E-state index is 0.547. The minimum Gasteiger partial charge on any atom is -0.312 e. The third-order valence-corrected chi connectivity index (χ3v) is 4.00. The van der Waals surface area contributed by atoms with Crippen LogP contribution in [0.2, 0.25) is 0 Å². The molecule has 1 N–H and O–H groups in total. The lowest BCUT2D eigenvalue weighted by atomic mass is 10.1. The van der Waals surface area contributed by atoms with E-state index in [9.17, 15) is 0 Å². The average molecular weight is 254 g/mol. The van der Waals surface area contributed by atoms with Gasteiger partial charge in [0.15, 0.2) is 0 Å². The zero-order valence-corrected chi connectivity index (χ0v) is 12.7. The van der Waals surface area contributed by atoms with Crippen LogP contribution in [0, 0.1) is 5.92 Å². The molecule has 1 heterocycles. The molecule has 0 aliphatic heterocycles. The van der Waals surface area contributed by atoms with Crippen molar-refractivity contribution in [1.82, 2.24) is 10.3 Å². The van der Waals surface area contributed by atoms with E-state index in [0.717, 1.165) is 19.5 Å². The molecule has 0 radical (unpaired) electrons. The zero-order valence-electron chi connectivity index (χ0n) is 11.8. The molecule has 0 aliphatic rings. The molecule has 0 amide bonds. The fraction of sp³-hybridized carbons (Fsp3) is 0.786. The van der Waals surface area contributed by atoms with Crippen molar-refractivity contribution in [2.45, 2.75) is 59.9 Å². The molecule has 0 aliphatic carbocycles. The molecular formula is C14H26N2S. The fourth-order valence-electron chi connectivity index (χ4n) is 1.71. The summed E-state index contributed by atoms with van der Waals surface area (Å²) in [6.07, 6.45) is 2.29. The van der Waals surface area contributed by atoms with Gasteiger partial charge in [-0.1, -0.05) is 34.6 Å². The Hall–Kier alpha value is -0.410. The summed E-state index contributed by atoms with van der Waals surface area (Å²) in [5, 5.41) is 4.77. The summed E-state index contributed by atoms with van der Waals surface area (Å²) < 4.78 is 0. The molecule has 0 bridgehead atoms. The molecule has 1 aromatic heterocycles. The van der Waals surface area contributed by atoms with Gasteiger partial charge in [0, 0.05) is 17.3 Å². The SMILES string of the molecule is CCCNCc1sc(C(C)C)nc1CC(C)C. The summed E-state index contributed by atoms with van der Waals surface area (Å²) in [6, 6.07) is 0. The second kappa shape index (κ2) is 7.12. The van der Waals surface area contributed by atoms with Crippen LogP contribution in [-0.2, 0) is 13.0 Å². The Kier molecular flexibility index (Phi) is 6.14. The van der Waals surface area contributed by atoms with Gasteiger partial charge in [0.1, 0.15) is 0 Å². The van der Waals surface area contributed by atoms with Crippen LogP contribution in [0.4, 0.5) is 0 Å². The number of aromatic nitrogens is 1. The highest BCUT2D eigenvalue weighted by Gasteiger charge is 2.13. The van der Waals surface area contributed by atoms with E-state index in [0.29, 0.717) is 11.8 Å². The normalized spacial score (nSPS) is 11.7. The van der Waals surface area contributed by atoms with E-state index in [1.54, 1.807) is 0 Å². The lowest BCUT2D eigenvalue weighted by Gasteiger charge is -2.05. The third-order valence-electron chi connectivity index (χ3n) is 2.60. The van der Waals surface area contributed by atoms with Crippen molar-refractivity contribution in [1.29, 1.82) is 0 Å². The maximum atomic E-state index is 4.81. The van der Waals surface area contributed by atoms with Crippen molar-refractivity contribution in [2.75, 3.05) is 6.54 Å². The lowest BCUT2D eigenvalue weighted by molar-refractivity contribution is 0.620. The number of nitrogens with zero attached hydrogens (tertiary/aromatic N) is 1. The predicted octanol–water partition coefficient (Wildman–Crippen LogP) is 3.96. The first kappa shape index (κ1) is 14.7. The summed E-state index contributed by atoms with van der Waals surface area (Å²) in [5.74, 6) is 1.23. The maximum absolute atomic E-state index is 4.81. The number of rotatable bonds is 7. The Morgan fingerprint density at radius 3 is 2.47 bits per heavy atom. The Morgan fingerprint density at radius 2 is 1.94 bits per heavy atom. The largest absolute Gasteiger partial charge is 0.312 e. The van der Waals surface area contributed by atoms with Crippen molar-refractivity contribution < 1.29 is 0 Å². The summed E-state index contributed by atoms with van der Waals surface area (Å²) >= 11 is 1.89. The van der Waals surface area contributed by atoms with Gasteiger partial charge in [-0.3, -0.25) is 0 Å². The van der Waals surface area contributed by atoms with E-state index in [4.69, 9.17) is 4.98 Å². The molecular weight excluding hydrogens is 228 g/mol. The van der Waals surface area contributed by atoms with Crippen LogP contribution in [0.3, 0.4) is 0 Å². The van der Waals surface area contributed by atoms with Crippen molar-refractivity contribution in [3.05, 3.63) is 15.6 Å². The van der Waals surface area contributed by atoms with E-state index in [2.05, 4.69) is 39.9 Å². The van der Waals surface area contributed by atoms with E-state index in [1.165, 1.54) is 22.0 Å². The third kappa shape index (κ3) is 4.76. The summed E-state index contributed by atoms with van der Waals surface area (Å²) in [6.45, 7) is 13.3. The zero-order chi connectivity index (χ0) is 12.8. The smallest absolute Gasteiger partial charge is 0.0957 e. The molecule has 0 atom stereocenters. The average Bonchev–Trinajstić information content (AvgIpc) is 2.61. The number of hydrogen-bond donors (Lipinski definition) is 1. The Bertz CT molecular complexity index is 329. The van der Waals surface area contributed by atoms with Gasteiger partial charge in [0.2, 0.25) is 0 Å². The highest BCUT2D eigenvalue weighted by molar-refractivity contribution is 7.11. The molecule has 17 heavy (non-hydrogen) atoms. The van der Waals surface area contributed by atoms with Crippen LogP contribution in [0.5, 0.6) is 0 Å². The minimum atomic E-state index is 0.547. The highest BCUT2D eigenvalue weighted by Crippen LogP contribution is 2.26. The van der Waals surface area contributed by atoms with E-state index in [-0.39, 0.29) is 0 Å². The predicted molar refractivity (Wildman–Crippen MR) is 76.7 cm³/mol. The molecule has 3 heteroatoms. The quantitative estimate of drug-likeness (QED) is 0.745. The molecule has 1 aromatic rings. The van der Waals surface area contributed by atoms with Crippen LogP contribution in [0.25, 0.3) is 0 Å². The first-order valence-corrected chi connectivity index (χ1v) is 7.55. The Morgan fingerprint density at radius 1 is 1.24 bits per heavy atom. The molecule has 98 valence electrons. The lowest BCUT2D eigenvalue weighted by Crippen LogP contribution is -2.14. The number of hydrogen-bond acceptors (Lipinski definition) is 3. The second-order valence-electron chi connectivity index (χ2n) is 5.35. The van der Waals surface area contributed by atoms with Gasteiger partial charge >= 0.3 is 0 Å². The molecule has 0 aromatic carbocycles. The van der Waals surface area contributed by atoms with Gasteiger partial charge in [-0.15, -0.1) is 11.3 Å². The van der Waals surface area contributed by atoms with Gasteiger partial charge in [0.05, 0.1) is 10.7 Å². The van der Waals surface area contributed by atoms with Gasteiger partial charge < -0.3 is 5.32 Å². The number of thiazole rings is 1. The van der Waals surface area contributed by atoms with Crippen LogP contribution in [0.15, 0.2) is 0 Å². The van der Waals surface area contributed by atoms with Crippen molar-refractivity contribution in [3.8, 4) is 0 Å². The first-order chi connectivity index (χ1) is 8.04. The van der Waals surface area contributed by atoms with Crippen molar-refractivity contribution >= 4 is 11.3 Å². The molecule has 0 unspecified atom stereocenters. The molecule has 2 nitrogen and oxygen atoms in total. The van der Waals surface area contributed by atoms with Crippen LogP contribution >= 0.6 is 11.3 Å². The topological polar surface area (TPSA) is 24.9 Å². The van der Waals surface area contributed by atoms with Gasteiger partial charge in [-0.2, -0.15) is 0 Å². The molecule has 0 spiro atoms. The van der Waals surface area contributed by atoms with Crippen molar-refractivity contribution in [3.63, 3.8) is 0 Å². The maximum Gasteiger partial charge on any atom is 0.0957 e. The molecule has 0 saturated carbocycles. The van der Waals surface area contributed by atoms with Crippen LogP contribution < -0.4 is 5.32 Å². The van der Waals surface area contributed by atoms with E-state index >= 15 is 0 Å². The fourth-order valence-corrected chi connectivity index (χ4v) is 2.78. The summed E-state index contributed by atoms with van der Waals surface area (Å²) in [7, 11) is 0. The van der Waals surface area contributed by atoms with Crippen LogP contribution in [0.1, 0.15) is 62.5 Å². The molecule has 0 fully saturated rings. The van der Waals surface area contributed by atoms with E-state index < -0.39 is 0 Å². The molecule has 1 rings (SSSR count). The standard InChI is InChI=1S/C14H26N2S/c1-6-7-15-9-13-12(8-10(2)3)16-14(17-13)11(4)5/h10-11,15H,6-9H2,1-5H3. The van der Waals surface area contributed by atoms with Gasteiger partial charge in [-0.25, -0.2) is 4.98 Å². The summed E-state index contributed by atoms with van der Waals surface area (Å²) in [4.78, 5) is 6.25. The van der Waals surface area contributed by atoms with E-state index in [1.807, 2.05) is 11.3 Å². The first-order valence-electron chi connectivity index (χ1n) is 6.73. The highest BCUT2D eigenvalue weighted by atomic mass is 32.1. The summed E-state index contributed by atoms with van der Waals surface area (Å²) in [5.41, 5.74) is 1.32. The van der Waals surface area contributed by atoms with Gasteiger partial charge in [0.25, 0.3) is 0 Å². The number of nitrogens with one attached hydrogen (secondary N) is 1. The Labute approximate surface area is 110 Å². The van der Waals surface area contributed by atoms with Crippen molar-refractivity contribution in [2.24, 2.45) is 5.92 Å². The molecule has 0 saturated heterocycles. The van der Waals surface area contributed by atoms with Gasteiger partial charge in [-0.05, 0) is 25.3 Å². The monoisotopic (exact) mass is 254 g/mol. The Balaban J connectivity index is 2.76. The second-order valence-corrected chi connectivity index (χ2v) is 6.47. The van der Waals surface area contributed by atoms with Crippen LogP contribution in [-0.4, -0.2) is 11.5 Å².